The molecule has 1 aliphatic carbocycles. The van der Waals surface area contributed by atoms with Crippen LogP contribution in [0.25, 0.3) is 0 Å². The molecule has 2 aliphatic rings. The molecule has 2 N–H and O–H groups in total. The van der Waals surface area contributed by atoms with E-state index in [1.54, 1.807) is 0 Å². The molecule has 2 nitrogen and oxygen atoms in total. The Kier molecular flexibility index (Phi) is 2.66. The van der Waals surface area contributed by atoms with Gasteiger partial charge in [0.15, 0.2) is 0 Å². The third kappa shape index (κ3) is 1.50. The first-order valence-corrected chi connectivity index (χ1v) is 5.30. The zero-order valence-electron chi connectivity index (χ0n) is 7.97. The number of nitrogens with one attached hydrogen (secondary N) is 2. The average Bonchev–Trinajstić information content (AvgIpc) is 2.17. The van der Waals surface area contributed by atoms with Crippen molar-refractivity contribution in [3.63, 3.8) is 0 Å². The zero-order chi connectivity index (χ0) is 8.39. The molecular weight excluding hydrogens is 148 g/mol. The molecule has 3 unspecified atom stereocenters. The van der Waals surface area contributed by atoms with Crippen LogP contribution in [0.15, 0.2) is 0 Å². The van der Waals surface area contributed by atoms with Gasteiger partial charge in [-0.3, -0.25) is 0 Å². The summed E-state index contributed by atoms with van der Waals surface area (Å²) in [6, 6.07) is 0.811. The topological polar surface area (TPSA) is 24.1 Å². The fraction of sp³-hybridized carbons (Fsp3) is 1.00. The second kappa shape index (κ2) is 3.75. The molecule has 1 saturated heterocycles. The molecule has 0 aromatic carbocycles. The molecule has 0 aromatic heterocycles. The lowest BCUT2D eigenvalue weighted by Crippen LogP contribution is -2.48. The molecule has 0 bridgehead atoms. The van der Waals surface area contributed by atoms with Gasteiger partial charge in [-0.15, -0.1) is 0 Å². The first-order chi connectivity index (χ1) is 5.92. The highest BCUT2D eigenvalue weighted by molar-refractivity contribution is 4.89. The Bertz CT molecular complexity index is 138. The van der Waals surface area contributed by atoms with E-state index in [1.165, 1.54) is 38.8 Å². The number of rotatable bonds is 1. The molecule has 2 rings (SSSR count). The monoisotopic (exact) mass is 168 g/mol. The highest BCUT2D eigenvalue weighted by Gasteiger charge is 2.33. The van der Waals surface area contributed by atoms with Crippen molar-refractivity contribution < 1.29 is 0 Å². The van der Waals surface area contributed by atoms with Crippen molar-refractivity contribution in [3.05, 3.63) is 0 Å². The van der Waals surface area contributed by atoms with E-state index in [1.807, 2.05) is 0 Å². The van der Waals surface area contributed by atoms with Gasteiger partial charge in [-0.2, -0.15) is 0 Å². The predicted molar refractivity (Wildman–Crippen MR) is 51.2 cm³/mol. The summed E-state index contributed by atoms with van der Waals surface area (Å²) >= 11 is 0. The Hall–Kier alpha value is -0.0800. The quantitative estimate of drug-likeness (QED) is 0.610. The smallest absolute Gasteiger partial charge is 0.00959 e. The Morgan fingerprint density at radius 3 is 3.00 bits per heavy atom. The lowest BCUT2D eigenvalue weighted by atomic mass is 9.72. The summed E-state index contributed by atoms with van der Waals surface area (Å²) in [7, 11) is 2.12. The minimum absolute atomic E-state index is 0.811. The van der Waals surface area contributed by atoms with Gasteiger partial charge in [-0.1, -0.05) is 6.42 Å². The highest BCUT2D eigenvalue weighted by Crippen LogP contribution is 2.33. The first-order valence-electron chi connectivity index (χ1n) is 5.30. The van der Waals surface area contributed by atoms with Gasteiger partial charge < -0.3 is 10.6 Å². The maximum Gasteiger partial charge on any atom is 0.00959 e. The van der Waals surface area contributed by atoms with Gasteiger partial charge in [0.2, 0.25) is 0 Å². The van der Waals surface area contributed by atoms with Gasteiger partial charge in [-0.25, -0.2) is 0 Å². The third-order valence-corrected chi connectivity index (χ3v) is 3.64. The number of hydrogen-bond donors (Lipinski definition) is 2. The molecule has 0 amide bonds. The van der Waals surface area contributed by atoms with Crippen molar-refractivity contribution in [2.75, 3.05) is 20.1 Å². The molecule has 70 valence electrons. The summed E-state index contributed by atoms with van der Waals surface area (Å²) in [5.74, 6) is 1.93. The van der Waals surface area contributed by atoms with Gasteiger partial charge in [0.05, 0.1) is 0 Å². The third-order valence-electron chi connectivity index (χ3n) is 3.64. The molecule has 1 saturated carbocycles. The summed E-state index contributed by atoms with van der Waals surface area (Å²) in [5, 5.41) is 6.98. The van der Waals surface area contributed by atoms with Crippen LogP contribution in [-0.4, -0.2) is 26.2 Å². The Balaban J connectivity index is 1.99. The van der Waals surface area contributed by atoms with E-state index < -0.39 is 0 Å². The summed E-state index contributed by atoms with van der Waals surface area (Å²) in [6.07, 6.45) is 5.66. The van der Waals surface area contributed by atoms with Crippen molar-refractivity contribution >= 4 is 0 Å². The second-order valence-corrected chi connectivity index (χ2v) is 4.24. The largest absolute Gasteiger partial charge is 0.317 e. The second-order valence-electron chi connectivity index (χ2n) is 4.24. The lowest BCUT2D eigenvalue weighted by molar-refractivity contribution is 0.143. The van der Waals surface area contributed by atoms with Crippen LogP contribution in [0.4, 0.5) is 0 Å². The Morgan fingerprint density at radius 1 is 1.25 bits per heavy atom. The fourth-order valence-electron chi connectivity index (χ4n) is 2.96. The summed E-state index contributed by atoms with van der Waals surface area (Å²) < 4.78 is 0. The maximum absolute atomic E-state index is 3.50. The van der Waals surface area contributed by atoms with E-state index in [4.69, 9.17) is 0 Å². The number of hydrogen-bond acceptors (Lipinski definition) is 2. The minimum atomic E-state index is 0.811. The summed E-state index contributed by atoms with van der Waals surface area (Å²) in [6.45, 7) is 2.50. The molecule has 1 heterocycles. The lowest BCUT2D eigenvalue weighted by Gasteiger charge is -2.41. The zero-order valence-corrected chi connectivity index (χ0v) is 7.97. The minimum Gasteiger partial charge on any atom is -0.317 e. The van der Waals surface area contributed by atoms with Crippen LogP contribution in [0.2, 0.25) is 0 Å². The van der Waals surface area contributed by atoms with E-state index in [0.717, 1.165) is 17.9 Å². The Labute approximate surface area is 75.1 Å². The SMILES string of the molecule is CNC1CCCC2CNCCC21. The molecule has 0 spiro atoms. The number of piperidine rings is 1. The van der Waals surface area contributed by atoms with Crippen LogP contribution in [0.3, 0.4) is 0 Å². The molecular formula is C10H20N2. The van der Waals surface area contributed by atoms with Gasteiger partial charge in [-0.05, 0) is 51.2 Å². The van der Waals surface area contributed by atoms with Crippen molar-refractivity contribution in [1.82, 2.24) is 10.6 Å². The van der Waals surface area contributed by atoms with Crippen LogP contribution in [0.5, 0.6) is 0 Å². The van der Waals surface area contributed by atoms with Gasteiger partial charge in [0.1, 0.15) is 0 Å². The van der Waals surface area contributed by atoms with E-state index in [2.05, 4.69) is 17.7 Å². The van der Waals surface area contributed by atoms with Crippen molar-refractivity contribution in [3.8, 4) is 0 Å². The normalized spacial score (nSPS) is 42.2. The highest BCUT2D eigenvalue weighted by atomic mass is 14.9. The van der Waals surface area contributed by atoms with Gasteiger partial charge >= 0.3 is 0 Å². The maximum atomic E-state index is 3.50. The molecule has 0 radical (unpaired) electrons. The summed E-state index contributed by atoms with van der Waals surface area (Å²) in [5.41, 5.74) is 0. The van der Waals surface area contributed by atoms with Crippen LogP contribution < -0.4 is 10.6 Å². The molecule has 12 heavy (non-hydrogen) atoms. The van der Waals surface area contributed by atoms with Crippen LogP contribution in [0.1, 0.15) is 25.7 Å². The first kappa shape index (κ1) is 8.52. The molecule has 1 aliphatic heterocycles. The summed E-state index contributed by atoms with van der Waals surface area (Å²) in [4.78, 5) is 0. The van der Waals surface area contributed by atoms with Crippen LogP contribution in [0, 0.1) is 11.8 Å². The van der Waals surface area contributed by atoms with E-state index in [9.17, 15) is 0 Å². The molecule has 2 heteroatoms. The predicted octanol–water partition coefficient (Wildman–Crippen LogP) is 0.984. The van der Waals surface area contributed by atoms with E-state index >= 15 is 0 Å². The van der Waals surface area contributed by atoms with Crippen LogP contribution >= 0.6 is 0 Å². The Morgan fingerprint density at radius 2 is 2.17 bits per heavy atom. The molecule has 2 fully saturated rings. The standard InChI is InChI=1S/C10H20N2/c1-11-10-4-2-3-8-7-12-6-5-9(8)10/h8-12H,2-7H2,1H3. The van der Waals surface area contributed by atoms with Crippen molar-refractivity contribution in [1.29, 1.82) is 0 Å². The van der Waals surface area contributed by atoms with Gasteiger partial charge in [0.25, 0.3) is 0 Å². The fourth-order valence-corrected chi connectivity index (χ4v) is 2.96. The number of fused-ring (bicyclic) bond motifs is 1. The average molecular weight is 168 g/mol. The van der Waals surface area contributed by atoms with Crippen molar-refractivity contribution in [2.24, 2.45) is 11.8 Å². The van der Waals surface area contributed by atoms with E-state index in [0.29, 0.717) is 0 Å². The molecule has 3 atom stereocenters. The van der Waals surface area contributed by atoms with Gasteiger partial charge in [0, 0.05) is 6.04 Å². The van der Waals surface area contributed by atoms with E-state index in [-0.39, 0.29) is 0 Å². The van der Waals surface area contributed by atoms with Crippen molar-refractivity contribution in [2.45, 2.75) is 31.7 Å². The van der Waals surface area contributed by atoms with Crippen LogP contribution in [-0.2, 0) is 0 Å². The molecule has 0 aromatic rings.